The van der Waals surface area contributed by atoms with E-state index in [4.69, 9.17) is 0 Å². The number of pyridine rings is 1. The lowest BCUT2D eigenvalue weighted by Gasteiger charge is -2.48. The number of aromatic nitrogens is 5. The van der Waals surface area contributed by atoms with Crippen molar-refractivity contribution in [3.8, 4) is 0 Å². The van der Waals surface area contributed by atoms with Crippen LogP contribution in [0.5, 0.6) is 0 Å². The summed E-state index contributed by atoms with van der Waals surface area (Å²) in [6.07, 6.45) is 7.40. The molecule has 0 radical (unpaired) electrons. The number of amides is 2. The van der Waals surface area contributed by atoms with E-state index in [0.29, 0.717) is 26.1 Å². The third-order valence-electron chi connectivity index (χ3n) is 5.82. The Balaban J connectivity index is 1.38. The summed E-state index contributed by atoms with van der Waals surface area (Å²) in [5.41, 5.74) is 0.990. The highest BCUT2D eigenvalue weighted by Gasteiger charge is 2.42. The van der Waals surface area contributed by atoms with Crippen LogP contribution in [-0.2, 0) is 22.6 Å². The minimum atomic E-state index is -0.00739. The van der Waals surface area contributed by atoms with Gasteiger partial charge in [-0.1, -0.05) is 6.07 Å². The second-order valence-corrected chi connectivity index (χ2v) is 7.81. The molecule has 2 aliphatic rings. The van der Waals surface area contributed by atoms with Crippen LogP contribution in [-0.4, -0.2) is 73.0 Å². The molecule has 2 amide bonds. The highest BCUT2D eigenvalue weighted by Crippen LogP contribution is 2.39. The molecule has 0 bridgehead atoms. The molecular weight excluding hydrogens is 358 g/mol. The van der Waals surface area contributed by atoms with E-state index < -0.39 is 0 Å². The Hall–Kier alpha value is -2.84. The highest BCUT2D eigenvalue weighted by atomic mass is 16.2. The van der Waals surface area contributed by atoms with Gasteiger partial charge in [0.2, 0.25) is 11.8 Å². The number of tetrazole rings is 1. The number of nitrogens with zero attached hydrogens (tertiary/aromatic N) is 7. The van der Waals surface area contributed by atoms with E-state index >= 15 is 0 Å². The molecule has 2 saturated heterocycles. The third-order valence-corrected chi connectivity index (χ3v) is 5.82. The monoisotopic (exact) mass is 383 g/mol. The second-order valence-electron chi connectivity index (χ2n) is 7.81. The van der Waals surface area contributed by atoms with Crippen molar-refractivity contribution in [3.63, 3.8) is 0 Å². The number of likely N-dealkylation sites (tertiary alicyclic amines) is 2. The Labute approximate surface area is 163 Å². The molecule has 28 heavy (non-hydrogen) atoms. The molecule has 0 aliphatic carbocycles. The average molecular weight is 383 g/mol. The van der Waals surface area contributed by atoms with Crippen LogP contribution in [0, 0.1) is 5.41 Å². The van der Waals surface area contributed by atoms with Gasteiger partial charge in [-0.3, -0.25) is 14.6 Å². The van der Waals surface area contributed by atoms with Crippen molar-refractivity contribution in [3.05, 3.63) is 36.4 Å². The number of rotatable bonds is 5. The topological polar surface area (TPSA) is 97.1 Å². The van der Waals surface area contributed by atoms with E-state index in [1.54, 1.807) is 6.20 Å². The molecule has 0 unspecified atom stereocenters. The molecule has 4 rings (SSSR count). The van der Waals surface area contributed by atoms with E-state index in [-0.39, 0.29) is 23.8 Å². The normalized spacial score (nSPS) is 22.6. The standard InChI is InChI=1S/C19H25N7O2/c27-17-5-8-19(14-25(17)11-6-16-4-1-2-9-20-16)7-3-10-24(13-19)18(28)12-26-15-21-22-23-26/h1-2,4,9,15H,3,5-8,10-14H2/t19-/m0/s1. The summed E-state index contributed by atoms with van der Waals surface area (Å²) in [7, 11) is 0. The molecule has 0 saturated carbocycles. The predicted octanol–water partition coefficient (Wildman–Crippen LogP) is 0.542. The molecule has 2 aromatic rings. The van der Waals surface area contributed by atoms with Crippen LogP contribution in [0.3, 0.4) is 0 Å². The van der Waals surface area contributed by atoms with Crippen LogP contribution < -0.4 is 0 Å². The van der Waals surface area contributed by atoms with E-state index in [1.807, 2.05) is 28.0 Å². The molecule has 0 aromatic carbocycles. The maximum Gasteiger partial charge on any atom is 0.244 e. The van der Waals surface area contributed by atoms with Gasteiger partial charge in [0, 0.05) is 56.3 Å². The number of hydrogen-bond acceptors (Lipinski definition) is 6. The predicted molar refractivity (Wildman–Crippen MR) is 99.8 cm³/mol. The van der Waals surface area contributed by atoms with E-state index in [1.165, 1.54) is 11.0 Å². The molecule has 2 aliphatic heterocycles. The Bertz CT molecular complexity index is 811. The van der Waals surface area contributed by atoms with Crippen LogP contribution >= 0.6 is 0 Å². The van der Waals surface area contributed by atoms with Crippen LogP contribution in [0.2, 0.25) is 0 Å². The summed E-state index contributed by atoms with van der Waals surface area (Å²) in [5.74, 6) is 0.238. The summed E-state index contributed by atoms with van der Waals surface area (Å²) >= 11 is 0. The number of piperidine rings is 2. The van der Waals surface area contributed by atoms with Gasteiger partial charge in [-0.15, -0.1) is 5.10 Å². The van der Waals surface area contributed by atoms with Crippen molar-refractivity contribution < 1.29 is 9.59 Å². The Morgan fingerprint density at radius 2 is 2.14 bits per heavy atom. The second kappa shape index (κ2) is 8.04. The van der Waals surface area contributed by atoms with Gasteiger partial charge in [0.1, 0.15) is 12.9 Å². The molecule has 9 nitrogen and oxygen atoms in total. The minimum Gasteiger partial charge on any atom is -0.342 e. The van der Waals surface area contributed by atoms with Crippen molar-refractivity contribution in [1.82, 2.24) is 35.0 Å². The molecular formula is C19H25N7O2. The van der Waals surface area contributed by atoms with Gasteiger partial charge in [-0.2, -0.15) is 0 Å². The van der Waals surface area contributed by atoms with Gasteiger partial charge in [0.15, 0.2) is 0 Å². The lowest BCUT2D eigenvalue weighted by atomic mass is 9.73. The number of carbonyl (C=O) groups excluding carboxylic acids is 2. The molecule has 1 atom stereocenters. The zero-order valence-corrected chi connectivity index (χ0v) is 15.9. The van der Waals surface area contributed by atoms with E-state index in [2.05, 4.69) is 20.5 Å². The SMILES string of the molecule is O=C1CC[C@]2(CCCN(C(=O)Cn3cnnn3)C2)CN1CCc1ccccn1. The first-order valence-corrected chi connectivity index (χ1v) is 9.80. The molecule has 4 heterocycles. The summed E-state index contributed by atoms with van der Waals surface area (Å²) in [4.78, 5) is 33.4. The van der Waals surface area contributed by atoms with Crippen LogP contribution in [0.15, 0.2) is 30.7 Å². The third kappa shape index (κ3) is 4.18. The maximum atomic E-state index is 12.7. The van der Waals surface area contributed by atoms with Gasteiger partial charge >= 0.3 is 0 Å². The van der Waals surface area contributed by atoms with Gasteiger partial charge in [-0.05, 0) is 41.8 Å². The fourth-order valence-electron chi connectivity index (χ4n) is 4.35. The quantitative estimate of drug-likeness (QED) is 0.748. The summed E-state index contributed by atoms with van der Waals surface area (Å²) < 4.78 is 1.45. The van der Waals surface area contributed by atoms with Crippen molar-refractivity contribution in [1.29, 1.82) is 0 Å². The zero-order valence-electron chi connectivity index (χ0n) is 15.9. The fourth-order valence-corrected chi connectivity index (χ4v) is 4.35. The van der Waals surface area contributed by atoms with Gasteiger partial charge in [0.25, 0.3) is 0 Å². The molecule has 2 fully saturated rings. The number of carbonyl (C=O) groups is 2. The maximum absolute atomic E-state index is 12.7. The first-order chi connectivity index (χ1) is 13.6. The first-order valence-electron chi connectivity index (χ1n) is 9.80. The van der Waals surface area contributed by atoms with Crippen LogP contribution in [0.25, 0.3) is 0 Å². The Morgan fingerprint density at radius 1 is 1.21 bits per heavy atom. The molecule has 148 valence electrons. The molecule has 1 spiro atoms. The van der Waals surface area contributed by atoms with Gasteiger partial charge in [-0.25, -0.2) is 4.68 Å². The highest BCUT2D eigenvalue weighted by molar-refractivity contribution is 5.78. The Morgan fingerprint density at radius 3 is 2.93 bits per heavy atom. The molecule has 2 aromatic heterocycles. The van der Waals surface area contributed by atoms with Crippen molar-refractivity contribution >= 4 is 11.8 Å². The minimum absolute atomic E-state index is 0.00739. The lowest BCUT2D eigenvalue weighted by Crippen LogP contribution is -2.55. The van der Waals surface area contributed by atoms with Crippen molar-refractivity contribution in [2.24, 2.45) is 5.41 Å². The van der Waals surface area contributed by atoms with Crippen LogP contribution in [0.4, 0.5) is 0 Å². The van der Waals surface area contributed by atoms with Crippen molar-refractivity contribution in [2.75, 3.05) is 26.2 Å². The number of hydrogen-bond donors (Lipinski definition) is 0. The Kier molecular flexibility index (Phi) is 5.31. The zero-order chi connectivity index (χ0) is 19.4. The molecule has 0 N–H and O–H groups in total. The van der Waals surface area contributed by atoms with E-state index in [0.717, 1.165) is 37.9 Å². The largest absolute Gasteiger partial charge is 0.342 e. The summed E-state index contributed by atoms with van der Waals surface area (Å²) in [5, 5.41) is 10.9. The average Bonchev–Trinajstić information content (AvgIpc) is 3.23. The smallest absolute Gasteiger partial charge is 0.244 e. The van der Waals surface area contributed by atoms with Gasteiger partial charge in [0.05, 0.1) is 0 Å². The fraction of sp³-hybridized carbons (Fsp3) is 0.579. The lowest BCUT2D eigenvalue weighted by molar-refractivity contribution is -0.143. The first kappa shape index (κ1) is 18.5. The van der Waals surface area contributed by atoms with E-state index in [9.17, 15) is 9.59 Å². The van der Waals surface area contributed by atoms with Gasteiger partial charge < -0.3 is 9.80 Å². The van der Waals surface area contributed by atoms with Crippen molar-refractivity contribution in [2.45, 2.75) is 38.6 Å². The van der Waals surface area contributed by atoms with Crippen LogP contribution in [0.1, 0.15) is 31.4 Å². The molecule has 9 heteroatoms. The summed E-state index contributed by atoms with van der Waals surface area (Å²) in [6, 6.07) is 5.86. The summed E-state index contributed by atoms with van der Waals surface area (Å²) in [6.45, 7) is 3.00.